The number of hydrogen-bond acceptors (Lipinski definition) is 7. The van der Waals surface area contributed by atoms with E-state index in [0.717, 1.165) is 12.2 Å². The normalized spacial score (nSPS) is 24.7. The van der Waals surface area contributed by atoms with Crippen LogP contribution in [0.1, 0.15) is 25.3 Å². The molecule has 0 saturated carbocycles. The third-order valence-electron chi connectivity index (χ3n) is 4.60. The molecule has 2 aromatic rings. The Morgan fingerprint density at radius 2 is 2.23 bits per heavy atom. The summed E-state index contributed by atoms with van der Waals surface area (Å²) in [6, 6.07) is 9.68. The SMILES string of the molecule is CC12CCC(=O)N1C(C(=O)Nc1nc(SCc3ccccc3)ns1)CS2. The van der Waals surface area contributed by atoms with E-state index in [0.29, 0.717) is 22.5 Å². The topological polar surface area (TPSA) is 75.2 Å². The lowest BCUT2D eigenvalue weighted by atomic mass is 10.2. The number of carbonyl (C=O) groups excluding carboxylic acids is 2. The van der Waals surface area contributed by atoms with Crippen molar-refractivity contribution >= 4 is 52.0 Å². The summed E-state index contributed by atoms with van der Waals surface area (Å²) in [6.45, 7) is 2.04. The van der Waals surface area contributed by atoms with Gasteiger partial charge >= 0.3 is 0 Å². The third kappa shape index (κ3) is 3.47. The lowest BCUT2D eigenvalue weighted by molar-refractivity contribution is -0.135. The number of nitrogens with one attached hydrogen (secondary N) is 1. The van der Waals surface area contributed by atoms with Gasteiger partial charge in [0.25, 0.3) is 0 Å². The van der Waals surface area contributed by atoms with Gasteiger partial charge in [0.2, 0.25) is 22.1 Å². The number of carbonyl (C=O) groups is 2. The fourth-order valence-corrected chi connectivity index (χ4v) is 6.18. The molecule has 1 aromatic carbocycles. The molecule has 2 saturated heterocycles. The van der Waals surface area contributed by atoms with Crippen molar-refractivity contribution in [3.05, 3.63) is 35.9 Å². The van der Waals surface area contributed by atoms with Crippen LogP contribution < -0.4 is 5.32 Å². The Balaban J connectivity index is 1.37. The second-order valence-corrected chi connectivity index (χ2v) is 9.61. The highest BCUT2D eigenvalue weighted by atomic mass is 32.2. The van der Waals surface area contributed by atoms with Gasteiger partial charge in [-0.1, -0.05) is 42.1 Å². The minimum atomic E-state index is -0.427. The number of anilines is 1. The van der Waals surface area contributed by atoms with Gasteiger partial charge in [-0.2, -0.15) is 9.36 Å². The molecule has 0 aliphatic carbocycles. The Kier molecular flexibility index (Phi) is 4.94. The summed E-state index contributed by atoms with van der Waals surface area (Å²) in [6.07, 6.45) is 1.33. The quantitative estimate of drug-likeness (QED) is 0.769. The molecule has 1 aromatic heterocycles. The maximum absolute atomic E-state index is 12.6. The van der Waals surface area contributed by atoms with Crippen LogP contribution in [0.3, 0.4) is 0 Å². The largest absolute Gasteiger partial charge is 0.315 e. The van der Waals surface area contributed by atoms with Crippen LogP contribution >= 0.6 is 35.1 Å². The van der Waals surface area contributed by atoms with Gasteiger partial charge in [0.1, 0.15) is 6.04 Å². The summed E-state index contributed by atoms with van der Waals surface area (Å²) in [5, 5.41) is 3.97. The molecule has 9 heteroatoms. The second kappa shape index (κ2) is 7.21. The van der Waals surface area contributed by atoms with Crippen molar-refractivity contribution in [1.82, 2.24) is 14.3 Å². The van der Waals surface area contributed by atoms with Crippen LogP contribution in [0.2, 0.25) is 0 Å². The van der Waals surface area contributed by atoms with Crippen LogP contribution in [0.4, 0.5) is 5.13 Å². The van der Waals surface area contributed by atoms with Gasteiger partial charge in [-0.25, -0.2) is 0 Å². The van der Waals surface area contributed by atoms with Gasteiger partial charge in [0, 0.05) is 29.5 Å². The maximum atomic E-state index is 12.6. The number of nitrogens with zero attached hydrogens (tertiary/aromatic N) is 3. The molecule has 1 N–H and O–H groups in total. The predicted octanol–water partition coefficient (Wildman–Crippen LogP) is 3.22. The molecule has 2 unspecified atom stereocenters. The highest BCUT2D eigenvalue weighted by molar-refractivity contribution is 8.01. The van der Waals surface area contributed by atoms with Gasteiger partial charge in [0.15, 0.2) is 0 Å². The molecule has 26 heavy (non-hydrogen) atoms. The number of amides is 2. The minimum absolute atomic E-state index is 0.0639. The summed E-state index contributed by atoms with van der Waals surface area (Å²) in [7, 11) is 0. The second-order valence-electron chi connectivity index (χ2n) is 6.41. The molecule has 2 aliphatic rings. The monoisotopic (exact) mass is 406 g/mol. The molecule has 0 bridgehead atoms. The van der Waals surface area contributed by atoms with Gasteiger partial charge in [-0.3, -0.25) is 14.9 Å². The number of fused-ring (bicyclic) bond motifs is 1. The lowest BCUT2D eigenvalue weighted by Crippen LogP contribution is -2.48. The molecule has 2 atom stereocenters. The Bertz CT molecular complexity index is 828. The molecule has 2 amide bonds. The highest BCUT2D eigenvalue weighted by Gasteiger charge is 2.52. The molecule has 0 radical (unpaired) electrons. The van der Waals surface area contributed by atoms with Crippen LogP contribution in [0.25, 0.3) is 0 Å². The Morgan fingerprint density at radius 1 is 1.42 bits per heavy atom. The number of thioether (sulfide) groups is 2. The van der Waals surface area contributed by atoms with E-state index in [2.05, 4.69) is 26.8 Å². The van der Waals surface area contributed by atoms with E-state index in [1.165, 1.54) is 28.9 Å². The van der Waals surface area contributed by atoms with Crippen LogP contribution in [0, 0.1) is 0 Å². The van der Waals surface area contributed by atoms with Crippen molar-refractivity contribution in [2.75, 3.05) is 11.1 Å². The van der Waals surface area contributed by atoms with Gasteiger partial charge in [-0.15, -0.1) is 11.8 Å². The standard InChI is InChI=1S/C17H18N4O2S3/c1-17-8-7-13(22)21(17)12(10-25-17)14(23)18-15-19-16(20-26-15)24-9-11-5-3-2-4-6-11/h2-6,12H,7-10H2,1H3,(H,18,19,20,23). The molecule has 4 rings (SSSR count). The Morgan fingerprint density at radius 3 is 3.04 bits per heavy atom. The smallest absolute Gasteiger partial charge is 0.249 e. The van der Waals surface area contributed by atoms with Crippen molar-refractivity contribution in [1.29, 1.82) is 0 Å². The molecule has 3 heterocycles. The van der Waals surface area contributed by atoms with E-state index in [4.69, 9.17) is 0 Å². The maximum Gasteiger partial charge on any atom is 0.249 e. The molecular weight excluding hydrogens is 388 g/mol. The van der Waals surface area contributed by atoms with Crippen molar-refractivity contribution in [3.8, 4) is 0 Å². The summed E-state index contributed by atoms with van der Waals surface area (Å²) in [4.78, 5) is 30.7. The zero-order valence-corrected chi connectivity index (χ0v) is 16.6. The van der Waals surface area contributed by atoms with E-state index in [1.54, 1.807) is 16.7 Å². The first-order valence-electron chi connectivity index (χ1n) is 8.33. The first kappa shape index (κ1) is 17.8. The average Bonchev–Trinajstić information content (AvgIpc) is 3.30. The summed E-state index contributed by atoms with van der Waals surface area (Å²) in [5.41, 5.74) is 1.20. The van der Waals surface area contributed by atoms with Crippen molar-refractivity contribution in [3.63, 3.8) is 0 Å². The Hall–Kier alpha value is -1.58. The van der Waals surface area contributed by atoms with Crippen LogP contribution in [-0.2, 0) is 15.3 Å². The number of aromatic nitrogens is 2. The summed E-state index contributed by atoms with van der Waals surface area (Å²) < 4.78 is 4.30. The molecule has 2 aliphatic heterocycles. The third-order valence-corrected chi connectivity index (χ3v) is 7.77. The zero-order valence-electron chi connectivity index (χ0n) is 14.2. The van der Waals surface area contributed by atoms with E-state index >= 15 is 0 Å². The fourth-order valence-electron chi connectivity index (χ4n) is 3.24. The Labute approximate surface area is 164 Å². The molecule has 2 fully saturated rings. The van der Waals surface area contributed by atoms with Gasteiger partial charge < -0.3 is 4.90 Å². The molecule has 136 valence electrons. The van der Waals surface area contributed by atoms with E-state index in [-0.39, 0.29) is 16.7 Å². The van der Waals surface area contributed by atoms with Crippen LogP contribution in [0.15, 0.2) is 35.5 Å². The number of hydrogen-bond donors (Lipinski definition) is 1. The minimum Gasteiger partial charge on any atom is -0.315 e. The molecule has 6 nitrogen and oxygen atoms in total. The lowest BCUT2D eigenvalue weighted by Gasteiger charge is -2.29. The first-order chi connectivity index (χ1) is 12.5. The van der Waals surface area contributed by atoms with Crippen molar-refractivity contribution in [2.45, 2.75) is 41.6 Å². The highest BCUT2D eigenvalue weighted by Crippen LogP contribution is 2.47. The van der Waals surface area contributed by atoms with E-state index in [1.807, 2.05) is 25.1 Å². The van der Waals surface area contributed by atoms with Crippen molar-refractivity contribution in [2.24, 2.45) is 0 Å². The number of benzene rings is 1. The first-order valence-corrected chi connectivity index (χ1v) is 11.1. The van der Waals surface area contributed by atoms with Crippen LogP contribution in [-0.4, -0.2) is 42.7 Å². The van der Waals surface area contributed by atoms with E-state index < -0.39 is 6.04 Å². The van der Waals surface area contributed by atoms with E-state index in [9.17, 15) is 9.59 Å². The van der Waals surface area contributed by atoms with Gasteiger partial charge in [-0.05, 0) is 18.9 Å². The molecule has 0 spiro atoms. The molecular formula is C17H18N4O2S3. The van der Waals surface area contributed by atoms with Crippen LogP contribution in [0.5, 0.6) is 0 Å². The number of rotatable bonds is 5. The average molecular weight is 407 g/mol. The van der Waals surface area contributed by atoms with Crippen molar-refractivity contribution < 1.29 is 9.59 Å². The predicted molar refractivity (Wildman–Crippen MR) is 105 cm³/mol. The summed E-state index contributed by atoms with van der Waals surface area (Å²) in [5.74, 6) is 1.30. The van der Waals surface area contributed by atoms with Gasteiger partial charge in [0.05, 0.1) is 4.87 Å². The summed E-state index contributed by atoms with van der Waals surface area (Å²) >= 11 is 4.39. The fraction of sp³-hybridized carbons (Fsp3) is 0.412. The zero-order chi connectivity index (χ0) is 18.1.